The molecule has 1 saturated heterocycles. The number of hydrogen-bond acceptors (Lipinski definition) is 5. The highest BCUT2D eigenvalue weighted by molar-refractivity contribution is 9.10. The molecule has 4 rings (SSSR count). The van der Waals surface area contributed by atoms with Crippen LogP contribution in [0.25, 0.3) is 6.08 Å². The Balaban J connectivity index is 1.51. The normalized spacial score (nSPS) is 14.5. The molecule has 3 aromatic rings. The zero-order valence-corrected chi connectivity index (χ0v) is 21.1. The number of rotatable bonds is 7. The third-order valence-corrected chi connectivity index (χ3v) is 6.68. The number of imide groups is 1. The van der Waals surface area contributed by atoms with Crippen LogP contribution in [0.2, 0.25) is 5.02 Å². The predicted octanol–water partition coefficient (Wildman–Crippen LogP) is 6.50. The minimum Gasteiger partial charge on any atom is -0.483 e. The molecule has 1 aliphatic rings. The van der Waals surface area contributed by atoms with Crippen LogP contribution in [-0.2, 0) is 16.1 Å². The van der Waals surface area contributed by atoms with Crippen molar-refractivity contribution in [3.63, 3.8) is 0 Å². The van der Waals surface area contributed by atoms with Gasteiger partial charge in [0.1, 0.15) is 11.6 Å². The maximum atomic E-state index is 14.2. The summed E-state index contributed by atoms with van der Waals surface area (Å²) in [6.45, 7) is -0.542. The van der Waals surface area contributed by atoms with Gasteiger partial charge in [0.05, 0.1) is 11.4 Å². The monoisotopic (exact) mass is 574 g/mol. The summed E-state index contributed by atoms with van der Waals surface area (Å²) in [6.07, 6.45) is 1.50. The van der Waals surface area contributed by atoms with Gasteiger partial charge in [-0.2, -0.15) is 0 Å². The van der Waals surface area contributed by atoms with Gasteiger partial charge in [-0.1, -0.05) is 51.8 Å². The second-order valence-electron chi connectivity index (χ2n) is 7.35. The average molecular weight is 576 g/mol. The van der Waals surface area contributed by atoms with E-state index in [1.165, 1.54) is 24.3 Å². The van der Waals surface area contributed by atoms with E-state index < -0.39 is 17.0 Å². The quantitative estimate of drug-likeness (QED) is 0.326. The lowest BCUT2D eigenvalue weighted by Crippen LogP contribution is -2.28. The molecule has 1 N–H and O–H groups in total. The molecule has 0 saturated carbocycles. The van der Waals surface area contributed by atoms with Crippen LogP contribution in [0.1, 0.15) is 11.1 Å². The van der Waals surface area contributed by atoms with Crippen LogP contribution in [0, 0.1) is 5.82 Å². The van der Waals surface area contributed by atoms with Crippen LogP contribution in [0.5, 0.6) is 5.75 Å². The molecule has 10 heteroatoms. The minimum absolute atomic E-state index is 0.0635. The van der Waals surface area contributed by atoms with E-state index in [0.29, 0.717) is 21.5 Å². The number of benzene rings is 3. The minimum atomic E-state index is -0.600. The molecule has 0 radical (unpaired) electrons. The zero-order chi connectivity index (χ0) is 24.9. The highest BCUT2D eigenvalue weighted by atomic mass is 79.9. The maximum absolute atomic E-state index is 14.2. The molecule has 0 bridgehead atoms. The summed E-state index contributed by atoms with van der Waals surface area (Å²) in [5.41, 5.74) is 1.19. The highest BCUT2D eigenvalue weighted by Crippen LogP contribution is 2.36. The van der Waals surface area contributed by atoms with E-state index in [2.05, 4.69) is 21.2 Å². The van der Waals surface area contributed by atoms with Crippen molar-refractivity contribution in [2.45, 2.75) is 6.54 Å². The summed E-state index contributed by atoms with van der Waals surface area (Å²) >= 11 is 10.2. The zero-order valence-electron chi connectivity index (χ0n) is 18.0. The van der Waals surface area contributed by atoms with Crippen molar-refractivity contribution in [2.75, 3.05) is 11.9 Å². The van der Waals surface area contributed by atoms with Crippen molar-refractivity contribution in [1.82, 2.24) is 4.90 Å². The van der Waals surface area contributed by atoms with E-state index in [1.54, 1.807) is 42.5 Å². The number of carbonyl (C=O) groups excluding carboxylic acids is 3. The second-order valence-corrected chi connectivity index (χ2v) is 9.67. The SMILES string of the molecule is O=C(COc1ccc(Br)cc1/C=C1\SC(=O)N(Cc2c(F)cccc2Cl)C1=O)Nc1ccccc1. The summed E-state index contributed by atoms with van der Waals surface area (Å²) < 4.78 is 20.6. The molecule has 0 atom stereocenters. The number of nitrogens with zero attached hydrogens (tertiary/aromatic N) is 1. The Hall–Kier alpha value is -3.14. The molecule has 1 aliphatic heterocycles. The highest BCUT2D eigenvalue weighted by Gasteiger charge is 2.36. The van der Waals surface area contributed by atoms with Crippen LogP contribution < -0.4 is 10.1 Å². The molecule has 0 aromatic heterocycles. The summed E-state index contributed by atoms with van der Waals surface area (Å²) in [4.78, 5) is 38.8. The summed E-state index contributed by atoms with van der Waals surface area (Å²) in [7, 11) is 0. The Labute approximate surface area is 218 Å². The Kier molecular flexibility index (Phi) is 7.90. The summed E-state index contributed by atoms with van der Waals surface area (Å²) in [5.74, 6) is -1.18. The molecule has 1 fully saturated rings. The largest absolute Gasteiger partial charge is 0.483 e. The van der Waals surface area contributed by atoms with Gasteiger partial charge in [0.2, 0.25) is 0 Å². The standard InChI is InChI=1S/C25H17BrClFN2O4S/c26-16-9-10-21(34-14-23(31)29-17-5-2-1-3-6-17)15(11-16)12-22-24(32)30(25(33)35-22)13-18-19(27)7-4-8-20(18)28/h1-12H,13-14H2,(H,29,31)/b22-12-. The second kappa shape index (κ2) is 11.1. The van der Waals surface area contributed by atoms with Crippen molar-refractivity contribution in [1.29, 1.82) is 0 Å². The van der Waals surface area contributed by atoms with Crippen LogP contribution in [0.3, 0.4) is 0 Å². The van der Waals surface area contributed by atoms with Crippen molar-refractivity contribution in [3.8, 4) is 5.75 Å². The molecule has 6 nitrogen and oxygen atoms in total. The molecule has 0 unspecified atom stereocenters. The van der Waals surface area contributed by atoms with E-state index >= 15 is 0 Å². The Morgan fingerprint density at radius 3 is 2.63 bits per heavy atom. The first-order chi connectivity index (χ1) is 16.8. The van der Waals surface area contributed by atoms with Gasteiger partial charge < -0.3 is 10.1 Å². The van der Waals surface area contributed by atoms with Crippen molar-refractivity contribution < 1.29 is 23.5 Å². The number of carbonyl (C=O) groups is 3. The number of thioether (sulfide) groups is 1. The lowest BCUT2D eigenvalue weighted by atomic mass is 10.1. The Morgan fingerprint density at radius 2 is 1.89 bits per heavy atom. The fourth-order valence-corrected chi connectivity index (χ4v) is 4.68. The third kappa shape index (κ3) is 6.11. The number of halogens is 3. The molecular weight excluding hydrogens is 559 g/mol. The van der Waals surface area contributed by atoms with Crippen LogP contribution in [-0.4, -0.2) is 28.6 Å². The molecule has 35 heavy (non-hydrogen) atoms. The average Bonchev–Trinajstić information content (AvgIpc) is 3.08. The van der Waals surface area contributed by atoms with E-state index in [-0.39, 0.29) is 34.6 Å². The van der Waals surface area contributed by atoms with E-state index in [9.17, 15) is 18.8 Å². The third-order valence-electron chi connectivity index (χ3n) is 4.93. The number of ether oxygens (including phenoxy) is 1. The van der Waals surface area contributed by atoms with Gasteiger partial charge in [-0.05, 0) is 60.3 Å². The Morgan fingerprint density at radius 1 is 1.11 bits per heavy atom. The summed E-state index contributed by atoms with van der Waals surface area (Å²) in [6, 6.07) is 18.2. The predicted molar refractivity (Wildman–Crippen MR) is 138 cm³/mol. The molecule has 0 spiro atoms. The molecule has 178 valence electrons. The van der Waals surface area contributed by atoms with Gasteiger partial charge in [0.25, 0.3) is 17.1 Å². The van der Waals surface area contributed by atoms with Crippen molar-refractivity contribution in [2.24, 2.45) is 0 Å². The maximum Gasteiger partial charge on any atom is 0.293 e. The van der Waals surface area contributed by atoms with E-state index in [0.717, 1.165) is 16.7 Å². The molecule has 3 amide bonds. The van der Waals surface area contributed by atoms with Gasteiger partial charge in [-0.3, -0.25) is 19.3 Å². The van der Waals surface area contributed by atoms with Gasteiger partial charge in [0.15, 0.2) is 6.61 Å². The van der Waals surface area contributed by atoms with Gasteiger partial charge in [-0.25, -0.2) is 4.39 Å². The number of hydrogen-bond donors (Lipinski definition) is 1. The number of para-hydroxylation sites is 1. The fraction of sp³-hybridized carbons (Fsp3) is 0.0800. The Bertz CT molecular complexity index is 1320. The lowest BCUT2D eigenvalue weighted by Gasteiger charge is -2.14. The van der Waals surface area contributed by atoms with Gasteiger partial charge >= 0.3 is 0 Å². The summed E-state index contributed by atoms with van der Waals surface area (Å²) in [5, 5.41) is 2.32. The lowest BCUT2D eigenvalue weighted by molar-refractivity contribution is -0.123. The topological polar surface area (TPSA) is 75.7 Å². The van der Waals surface area contributed by atoms with Gasteiger partial charge in [0, 0.05) is 26.3 Å². The van der Waals surface area contributed by atoms with E-state index in [1.807, 2.05) is 6.07 Å². The molecular formula is C25H17BrClFN2O4S. The fourth-order valence-electron chi connectivity index (χ4n) is 3.24. The van der Waals surface area contributed by atoms with Crippen LogP contribution >= 0.6 is 39.3 Å². The van der Waals surface area contributed by atoms with Crippen LogP contribution in [0.4, 0.5) is 14.9 Å². The number of amides is 3. The molecule has 0 aliphatic carbocycles. The first-order valence-electron chi connectivity index (χ1n) is 10.3. The van der Waals surface area contributed by atoms with Crippen LogP contribution in [0.15, 0.2) is 76.1 Å². The van der Waals surface area contributed by atoms with Gasteiger partial charge in [-0.15, -0.1) is 0 Å². The first-order valence-corrected chi connectivity index (χ1v) is 12.3. The first kappa shape index (κ1) is 25.0. The number of anilines is 1. The van der Waals surface area contributed by atoms with Crippen molar-refractivity contribution in [3.05, 3.63) is 98.1 Å². The molecule has 1 heterocycles. The molecule has 3 aromatic carbocycles. The van der Waals surface area contributed by atoms with E-state index in [4.69, 9.17) is 16.3 Å². The number of nitrogens with one attached hydrogen (secondary N) is 1. The smallest absolute Gasteiger partial charge is 0.293 e. The van der Waals surface area contributed by atoms with Crippen molar-refractivity contribution >= 4 is 68.1 Å².